The molecule has 1 aliphatic rings. The Bertz CT molecular complexity index is 720. The van der Waals surface area contributed by atoms with E-state index in [1.165, 1.54) is 16.7 Å². The number of morpholine rings is 1. The summed E-state index contributed by atoms with van der Waals surface area (Å²) in [5, 5.41) is 8.92. The number of rotatable bonds is 7. The SMILES string of the molecule is Cc1ccc(C)c(CN2CCO[C@H](CN(CC(=O)O)S(C)(=O)=O)C2)c1. The van der Waals surface area contributed by atoms with E-state index in [-0.39, 0.29) is 12.6 Å². The number of sulfonamides is 1. The molecule has 0 radical (unpaired) electrons. The van der Waals surface area contributed by atoms with Crippen LogP contribution in [-0.4, -0.2) is 73.8 Å². The number of hydrogen-bond donors (Lipinski definition) is 1. The summed E-state index contributed by atoms with van der Waals surface area (Å²) in [6.45, 7) is 6.24. The fourth-order valence-electron chi connectivity index (χ4n) is 2.94. The molecular formula is C17H26N2O5S. The Morgan fingerprint density at radius 3 is 2.76 bits per heavy atom. The van der Waals surface area contributed by atoms with Gasteiger partial charge in [-0.25, -0.2) is 8.42 Å². The van der Waals surface area contributed by atoms with Crippen molar-refractivity contribution in [3.05, 3.63) is 34.9 Å². The van der Waals surface area contributed by atoms with Gasteiger partial charge < -0.3 is 9.84 Å². The van der Waals surface area contributed by atoms with Crippen molar-refractivity contribution in [3.63, 3.8) is 0 Å². The number of carbonyl (C=O) groups is 1. The molecule has 2 rings (SSSR count). The van der Waals surface area contributed by atoms with Crippen LogP contribution in [0, 0.1) is 13.8 Å². The fourth-order valence-corrected chi connectivity index (χ4v) is 3.72. The Hall–Kier alpha value is -1.48. The first-order chi connectivity index (χ1) is 11.6. The van der Waals surface area contributed by atoms with Crippen LogP contribution >= 0.6 is 0 Å². The number of ether oxygens (including phenoxy) is 1. The van der Waals surface area contributed by atoms with Gasteiger partial charge in [-0.15, -0.1) is 0 Å². The van der Waals surface area contributed by atoms with Crippen molar-refractivity contribution in [2.75, 3.05) is 39.0 Å². The number of carboxylic acids is 1. The Kier molecular flexibility index (Phi) is 6.56. The molecular weight excluding hydrogens is 344 g/mol. The smallest absolute Gasteiger partial charge is 0.318 e. The molecule has 1 aromatic rings. The molecule has 0 amide bonds. The van der Waals surface area contributed by atoms with Gasteiger partial charge in [0.15, 0.2) is 0 Å². The highest BCUT2D eigenvalue weighted by atomic mass is 32.2. The van der Waals surface area contributed by atoms with Gasteiger partial charge in [0.05, 0.1) is 19.0 Å². The second kappa shape index (κ2) is 8.27. The van der Waals surface area contributed by atoms with Crippen LogP contribution in [0.2, 0.25) is 0 Å². The fraction of sp³-hybridized carbons (Fsp3) is 0.588. The standard InChI is InChI=1S/C17H26N2O5S/c1-13-4-5-14(2)15(8-13)9-18-6-7-24-16(10-18)11-19(12-17(20)21)25(3,22)23/h4-5,8,16H,6-7,9-12H2,1-3H3,(H,20,21)/t16-/m0/s1. The highest BCUT2D eigenvalue weighted by molar-refractivity contribution is 7.88. The monoisotopic (exact) mass is 370 g/mol. The Balaban J connectivity index is 2.02. The van der Waals surface area contributed by atoms with Gasteiger partial charge in [-0.05, 0) is 25.0 Å². The third-order valence-electron chi connectivity index (χ3n) is 4.31. The summed E-state index contributed by atoms with van der Waals surface area (Å²) in [7, 11) is -3.59. The maximum atomic E-state index is 11.8. The van der Waals surface area contributed by atoms with Gasteiger partial charge in [0, 0.05) is 26.2 Å². The molecule has 25 heavy (non-hydrogen) atoms. The van der Waals surface area contributed by atoms with E-state index in [4.69, 9.17) is 9.84 Å². The van der Waals surface area contributed by atoms with Crippen LogP contribution in [0.1, 0.15) is 16.7 Å². The minimum absolute atomic E-state index is 0.0500. The van der Waals surface area contributed by atoms with Gasteiger partial charge in [0.25, 0.3) is 0 Å². The van der Waals surface area contributed by atoms with Gasteiger partial charge in [-0.2, -0.15) is 4.31 Å². The Morgan fingerprint density at radius 1 is 1.40 bits per heavy atom. The third-order valence-corrected chi connectivity index (χ3v) is 5.53. The van der Waals surface area contributed by atoms with Crippen LogP contribution in [0.3, 0.4) is 0 Å². The van der Waals surface area contributed by atoms with Gasteiger partial charge in [-0.1, -0.05) is 23.8 Å². The summed E-state index contributed by atoms with van der Waals surface area (Å²) in [6.07, 6.45) is 0.681. The minimum Gasteiger partial charge on any atom is -0.480 e. The quantitative estimate of drug-likeness (QED) is 0.766. The molecule has 0 spiro atoms. The van der Waals surface area contributed by atoms with E-state index < -0.39 is 22.5 Å². The lowest BCUT2D eigenvalue weighted by molar-refractivity contribution is -0.137. The molecule has 1 aliphatic heterocycles. The Morgan fingerprint density at radius 2 is 2.12 bits per heavy atom. The summed E-state index contributed by atoms with van der Waals surface area (Å²) < 4.78 is 30.2. The average molecular weight is 370 g/mol. The molecule has 1 saturated heterocycles. The maximum Gasteiger partial charge on any atom is 0.318 e. The van der Waals surface area contributed by atoms with Crippen LogP contribution < -0.4 is 0 Å². The van der Waals surface area contributed by atoms with Crippen LogP contribution in [0.4, 0.5) is 0 Å². The molecule has 0 saturated carbocycles. The molecule has 0 aliphatic carbocycles. The molecule has 1 heterocycles. The van der Waals surface area contributed by atoms with Crippen LogP contribution in [0.5, 0.6) is 0 Å². The highest BCUT2D eigenvalue weighted by Gasteiger charge is 2.28. The Labute approximate surface area is 149 Å². The van der Waals surface area contributed by atoms with Crippen molar-refractivity contribution in [1.82, 2.24) is 9.21 Å². The minimum atomic E-state index is -3.59. The summed E-state index contributed by atoms with van der Waals surface area (Å²) in [4.78, 5) is 13.1. The van der Waals surface area contributed by atoms with Gasteiger partial charge in [-0.3, -0.25) is 9.69 Å². The van der Waals surface area contributed by atoms with E-state index in [2.05, 4.69) is 36.9 Å². The van der Waals surface area contributed by atoms with E-state index in [1.54, 1.807) is 0 Å². The zero-order chi connectivity index (χ0) is 18.6. The summed E-state index contributed by atoms with van der Waals surface area (Å²) in [6, 6.07) is 6.34. The lowest BCUT2D eigenvalue weighted by atomic mass is 10.0. The first-order valence-electron chi connectivity index (χ1n) is 8.22. The summed E-state index contributed by atoms with van der Waals surface area (Å²) >= 11 is 0. The van der Waals surface area contributed by atoms with Gasteiger partial charge >= 0.3 is 5.97 Å². The predicted octanol–water partition coefficient (Wildman–Crippen LogP) is 0.850. The predicted molar refractivity (Wildman–Crippen MR) is 95.0 cm³/mol. The molecule has 0 bridgehead atoms. The molecule has 7 nitrogen and oxygen atoms in total. The largest absolute Gasteiger partial charge is 0.480 e. The van der Waals surface area contributed by atoms with E-state index >= 15 is 0 Å². The maximum absolute atomic E-state index is 11.8. The lowest BCUT2D eigenvalue weighted by Gasteiger charge is -2.35. The molecule has 1 N–H and O–H groups in total. The molecule has 1 aromatic carbocycles. The first-order valence-corrected chi connectivity index (χ1v) is 10.1. The van der Waals surface area contributed by atoms with Crippen molar-refractivity contribution in [3.8, 4) is 0 Å². The van der Waals surface area contributed by atoms with Crippen LogP contribution in [0.25, 0.3) is 0 Å². The van der Waals surface area contributed by atoms with Crippen molar-refractivity contribution >= 4 is 16.0 Å². The van der Waals surface area contributed by atoms with E-state index in [0.29, 0.717) is 13.2 Å². The van der Waals surface area contributed by atoms with Crippen LogP contribution in [0.15, 0.2) is 18.2 Å². The average Bonchev–Trinajstić information content (AvgIpc) is 2.49. The molecule has 0 unspecified atom stereocenters. The van der Waals surface area contributed by atoms with E-state index in [1.807, 2.05) is 0 Å². The molecule has 8 heteroatoms. The number of benzene rings is 1. The molecule has 1 atom stereocenters. The van der Waals surface area contributed by atoms with Gasteiger partial charge in [0.1, 0.15) is 6.54 Å². The van der Waals surface area contributed by atoms with Gasteiger partial charge in [0.2, 0.25) is 10.0 Å². The van der Waals surface area contributed by atoms with Crippen molar-refractivity contribution in [1.29, 1.82) is 0 Å². The second-order valence-electron chi connectivity index (χ2n) is 6.61. The number of aryl methyl sites for hydroxylation is 2. The van der Waals surface area contributed by atoms with E-state index in [0.717, 1.165) is 23.7 Å². The zero-order valence-electron chi connectivity index (χ0n) is 14.9. The number of nitrogens with zero attached hydrogens (tertiary/aromatic N) is 2. The number of aliphatic carboxylic acids is 1. The summed E-state index contributed by atoms with van der Waals surface area (Å²) in [5.41, 5.74) is 3.67. The topological polar surface area (TPSA) is 87.2 Å². The van der Waals surface area contributed by atoms with Crippen molar-refractivity contribution in [2.45, 2.75) is 26.5 Å². The van der Waals surface area contributed by atoms with Crippen molar-refractivity contribution in [2.24, 2.45) is 0 Å². The van der Waals surface area contributed by atoms with Crippen LogP contribution in [-0.2, 0) is 26.1 Å². The molecule has 140 valence electrons. The summed E-state index contributed by atoms with van der Waals surface area (Å²) in [5.74, 6) is -1.17. The van der Waals surface area contributed by atoms with E-state index in [9.17, 15) is 13.2 Å². The normalized spacial score (nSPS) is 19.3. The number of carboxylic acid groups (broad SMARTS) is 1. The van der Waals surface area contributed by atoms with Crippen molar-refractivity contribution < 1.29 is 23.1 Å². The molecule has 1 fully saturated rings. The zero-order valence-corrected chi connectivity index (χ0v) is 15.8. The highest BCUT2D eigenvalue weighted by Crippen LogP contribution is 2.16. The lowest BCUT2D eigenvalue weighted by Crippen LogP contribution is -2.49. The first kappa shape index (κ1) is 19.8. The molecule has 0 aromatic heterocycles. The number of hydrogen-bond acceptors (Lipinski definition) is 5. The third kappa shape index (κ3) is 6.07. The second-order valence-corrected chi connectivity index (χ2v) is 8.59.